The normalized spacial score (nSPS) is 17.9. The lowest BCUT2D eigenvalue weighted by molar-refractivity contribution is 0.482. The van der Waals surface area contributed by atoms with Crippen LogP contribution in [0.2, 0.25) is 0 Å². The Balaban J connectivity index is 0.00000155. The van der Waals surface area contributed by atoms with Gasteiger partial charge in [-0.1, -0.05) is 13.8 Å². The number of imidazole rings is 1. The highest BCUT2D eigenvalue weighted by Crippen LogP contribution is 2.25. The first-order chi connectivity index (χ1) is 14.4. The van der Waals surface area contributed by atoms with Crippen molar-refractivity contribution in [2.45, 2.75) is 39.8 Å². The van der Waals surface area contributed by atoms with Crippen LogP contribution < -0.4 is 16.4 Å². The number of aliphatic imine (C=N–C) groups is 1. The topological polar surface area (TPSA) is 143 Å². The zero-order chi connectivity index (χ0) is 22.3. The molecule has 3 rings (SSSR count). The Bertz CT molecular complexity index is 1010. The summed E-state index contributed by atoms with van der Waals surface area (Å²) in [5, 5.41) is 6.04. The third kappa shape index (κ3) is 4.87. The number of hydrogen-bond acceptors (Lipinski definition) is 9. The Morgan fingerprint density at radius 2 is 2.13 bits per heavy atom. The number of allylic oxidation sites excluding steroid dienone is 1. The molecule has 1 aliphatic rings. The lowest BCUT2D eigenvalue weighted by Gasteiger charge is -2.18. The van der Waals surface area contributed by atoms with E-state index < -0.39 is 10.0 Å². The van der Waals surface area contributed by atoms with E-state index in [1.165, 1.54) is 23.8 Å². The smallest absolute Gasteiger partial charge is 0.246 e. The van der Waals surface area contributed by atoms with Crippen LogP contribution in [0, 0.1) is 0 Å². The highest BCUT2D eigenvalue weighted by molar-refractivity contribution is 7.93. The van der Waals surface area contributed by atoms with Crippen LogP contribution in [0.5, 0.6) is 0 Å². The molecule has 0 aliphatic carbocycles. The standard InChI is InChI=1S/C16H25N9O2S.C2H6/c1-4-24-10-20-13-14(22-16(17)23-15(13)24)21-11-5-6-25(9-11)28(26,27)12(7-18-2)8-19-3;1-2/h7-8,10-11,18H,4-6,9H2,1-3H3,(H3,17,21,22,23);1-2H3/b12-7+,19-8?;. The number of fused-ring (bicyclic) bond motifs is 1. The van der Waals surface area contributed by atoms with E-state index in [0.29, 0.717) is 43.0 Å². The van der Waals surface area contributed by atoms with Gasteiger partial charge in [0, 0.05) is 52.2 Å². The molecule has 2 aromatic rings. The lowest BCUT2D eigenvalue weighted by Crippen LogP contribution is -2.33. The summed E-state index contributed by atoms with van der Waals surface area (Å²) in [5.74, 6) is 0.658. The van der Waals surface area contributed by atoms with Crippen LogP contribution in [0.1, 0.15) is 27.2 Å². The van der Waals surface area contributed by atoms with Gasteiger partial charge in [-0.05, 0) is 13.3 Å². The van der Waals surface area contributed by atoms with Crippen molar-refractivity contribution >= 4 is 39.2 Å². The summed E-state index contributed by atoms with van der Waals surface area (Å²) in [5.41, 5.74) is 7.11. The van der Waals surface area contributed by atoms with Crippen molar-refractivity contribution in [1.29, 1.82) is 0 Å². The molecule has 1 fully saturated rings. The first-order valence-corrected chi connectivity index (χ1v) is 11.4. The summed E-state index contributed by atoms with van der Waals surface area (Å²) >= 11 is 0. The molecule has 3 heterocycles. The van der Waals surface area contributed by atoms with E-state index in [4.69, 9.17) is 5.73 Å². The van der Waals surface area contributed by atoms with Gasteiger partial charge in [-0.3, -0.25) is 4.99 Å². The van der Waals surface area contributed by atoms with Gasteiger partial charge < -0.3 is 20.9 Å². The van der Waals surface area contributed by atoms with Crippen molar-refractivity contribution in [1.82, 2.24) is 29.1 Å². The Hall–Kier alpha value is -2.73. The molecule has 12 heteroatoms. The van der Waals surface area contributed by atoms with Crippen LogP contribution in [0.15, 0.2) is 22.4 Å². The maximum Gasteiger partial charge on any atom is 0.246 e. The second-order valence-corrected chi connectivity index (χ2v) is 8.29. The minimum absolute atomic E-state index is 0.117. The molecule has 0 amide bonds. The number of anilines is 2. The van der Waals surface area contributed by atoms with Crippen molar-refractivity contribution in [2.24, 2.45) is 4.99 Å². The number of rotatable bonds is 7. The largest absolute Gasteiger partial charge is 0.393 e. The van der Waals surface area contributed by atoms with Gasteiger partial charge in [-0.25, -0.2) is 13.4 Å². The Kier molecular flexibility index (Phi) is 8.12. The van der Waals surface area contributed by atoms with Gasteiger partial charge in [-0.2, -0.15) is 14.3 Å². The van der Waals surface area contributed by atoms with Crippen LogP contribution >= 0.6 is 0 Å². The highest BCUT2D eigenvalue weighted by atomic mass is 32.2. The molecule has 11 nitrogen and oxygen atoms in total. The highest BCUT2D eigenvalue weighted by Gasteiger charge is 2.34. The fraction of sp³-hybridized carbons (Fsp3) is 0.556. The molecule has 1 saturated heterocycles. The predicted octanol–water partition coefficient (Wildman–Crippen LogP) is 1.03. The Morgan fingerprint density at radius 1 is 1.40 bits per heavy atom. The number of sulfonamides is 1. The molecule has 0 radical (unpaired) electrons. The predicted molar refractivity (Wildman–Crippen MR) is 121 cm³/mol. The first kappa shape index (κ1) is 23.5. The van der Waals surface area contributed by atoms with E-state index in [2.05, 4.69) is 30.6 Å². The van der Waals surface area contributed by atoms with Crippen molar-refractivity contribution < 1.29 is 8.42 Å². The van der Waals surface area contributed by atoms with Gasteiger partial charge in [0.2, 0.25) is 16.0 Å². The first-order valence-electron chi connectivity index (χ1n) is 9.95. The van der Waals surface area contributed by atoms with Gasteiger partial charge in [0.05, 0.1) is 6.33 Å². The van der Waals surface area contributed by atoms with Crippen molar-refractivity contribution in [3.8, 4) is 0 Å². The van der Waals surface area contributed by atoms with Gasteiger partial charge in [0.1, 0.15) is 4.91 Å². The molecule has 0 saturated carbocycles. The molecule has 166 valence electrons. The van der Waals surface area contributed by atoms with E-state index in [1.807, 2.05) is 25.3 Å². The van der Waals surface area contributed by atoms with Crippen LogP contribution in [0.25, 0.3) is 11.2 Å². The van der Waals surface area contributed by atoms with E-state index in [9.17, 15) is 8.42 Å². The summed E-state index contributed by atoms with van der Waals surface area (Å²) in [6.45, 7) is 7.40. The van der Waals surface area contributed by atoms with Crippen molar-refractivity contribution in [2.75, 3.05) is 38.2 Å². The fourth-order valence-corrected chi connectivity index (χ4v) is 4.67. The zero-order valence-corrected chi connectivity index (χ0v) is 18.9. The number of aromatic nitrogens is 4. The Morgan fingerprint density at radius 3 is 2.77 bits per heavy atom. The second kappa shape index (κ2) is 10.3. The summed E-state index contributed by atoms with van der Waals surface area (Å²) in [6.07, 6.45) is 5.08. The number of nitrogen functional groups attached to an aromatic ring is 1. The fourth-order valence-electron chi connectivity index (χ4n) is 3.15. The third-order valence-electron chi connectivity index (χ3n) is 4.49. The molecule has 1 aliphatic heterocycles. The van der Waals surface area contributed by atoms with E-state index in [0.717, 1.165) is 0 Å². The molecule has 0 bridgehead atoms. The van der Waals surface area contributed by atoms with Crippen LogP contribution in [-0.4, -0.2) is 71.7 Å². The molecule has 30 heavy (non-hydrogen) atoms. The van der Waals surface area contributed by atoms with Gasteiger partial charge in [-0.15, -0.1) is 0 Å². The Labute approximate surface area is 177 Å². The average Bonchev–Trinajstić information content (AvgIpc) is 3.36. The van der Waals surface area contributed by atoms with E-state index in [-0.39, 0.29) is 16.9 Å². The van der Waals surface area contributed by atoms with Crippen molar-refractivity contribution in [3.63, 3.8) is 0 Å². The summed E-state index contributed by atoms with van der Waals surface area (Å²) in [4.78, 5) is 16.8. The minimum atomic E-state index is -3.64. The molecule has 2 aromatic heterocycles. The minimum Gasteiger partial charge on any atom is -0.393 e. The monoisotopic (exact) mass is 437 g/mol. The van der Waals surface area contributed by atoms with Crippen LogP contribution in [-0.2, 0) is 16.6 Å². The third-order valence-corrected chi connectivity index (χ3v) is 6.32. The SMILES string of the molecule is CC.CCn1cnc2c(NC3CCN(S(=O)(=O)/C(C=NC)=C/NC)C3)nc(N)nc21. The maximum absolute atomic E-state index is 12.9. The van der Waals surface area contributed by atoms with E-state index in [1.54, 1.807) is 13.4 Å². The van der Waals surface area contributed by atoms with Crippen LogP contribution in [0.4, 0.5) is 11.8 Å². The molecule has 0 spiro atoms. The van der Waals surface area contributed by atoms with Crippen LogP contribution in [0.3, 0.4) is 0 Å². The quantitative estimate of drug-likeness (QED) is 0.545. The molecule has 1 unspecified atom stereocenters. The molecule has 1 atom stereocenters. The molecular formula is C18H31N9O2S. The number of nitrogens with two attached hydrogens (primary N) is 1. The molecule has 0 aromatic carbocycles. The molecular weight excluding hydrogens is 406 g/mol. The summed E-state index contributed by atoms with van der Waals surface area (Å²) < 4.78 is 29.0. The van der Waals surface area contributed by atoms with E-state index >= 15 is 0 Å². The van der Waals surface area contributed by atoms with Crippen molar-refractivity contribution in [3.05, 3.63) is 17.4 Å². The van der Waals surface area contributed by atoms with Gasteiger partial charge >= 0.3 is 0 Å². The average molecular weight is 438 g/mol. The number of aryl methyl sites for hydroxylation is 1. The summed E-state index contributed by atoms with van der Waals surface area (Å²) in [7, 11) is -0.454. The number of hydrogen-bond donors (Lipinski definition) is 3. The maximum atomic E-state index is 12.9. The van der Waals surface area contributed by atoms with Gasteiger partial charge in [0.25, 0.3) is 0 Å². The second-order valence-electron chi connectivity index (χ2n) is 6.35. The molecule has 4 N–H and O–H groups in total. The van der Waals surface area contributed by atoms with Gasteiger partial charge in [0.15, 0.2) is 17.0 Å². The number of nitrogens with one attached hydrogen (secondary N) is 2. The number of nitrogens with zero attached hydrogens (tertiary/aromatic N) is 6. The lowest BCUT2D eigenvalue weighted by atomic mass is 10.2. The zero-order valence-electron chi connectivity index (χ0n) is 18.1. The summed E-state index contributed by atoms with van der Waals surface area (Å²) in [6, 6.07) is -0.117.